The molecule has 150 valence electrons. The van der Waals surface area contributed by atoms with Crippen LogP contribution in [0.2, 0.25) is 0 Å². The van der Waals surface area contributed by atoms with E-state index in [4.69, 9.17) is 15.2 Å². The van der Waals surface area contributed by atoms with Gasteiger partial charge in [0, 0.05) is 31.3 Å². The summed E-state index contributed by atoms with van der Waals surface area (Å²) in [5, 5.41) is 3.00. The Kier molecular flexibility index (Phi) is 13.5. The largest absolute Gasteiger partial charge is 0.492 e. The number of rotatable bonds is 9. The van der Waals surface area contributed by atoms with E-state index in [2.05, 4.69) is 17.2 Å². The fourth-order valence-corrected chi connectivity index (χ4v) is 2.90. The lowest BCUT2D eigenvalue weighted by atomic mass is 9.83. The topological polar surface area (TPSA) is 86.5 Å². The average Bonchev–Trinajstić information content (AvgIpc) is 2.61. The van der Waals surface area contributed by atoms with Crippen molar-refractivity contribution in [1.82, 2.24) is 10.3 Å². The minimum absolute atomic E-state index is 0. The predicted octanol–water partition coefficient (Wildman–Crippen LogP) is 2.73. The molecule has 1 aliphatic rings. The van der Waals surface area contributed by atoms with Gasteiger partial charge in [0.05, 0.1) is 18.9 Å². The van der Waals surface area contributed by atoms with Crippen LogP contribution < -0.4 is 15.8 Å². The molecule has 2 rings (SSSR count). The molecular formula is C18H31Cl2N3O3. The summed E-state index contributed by atoms with van der Waals surface area (Å²) in [6, 6.07) is 3.75. The van der Waals surface area contributed by atoms with E-state index in [1.807, 2.05) is 12.1 Å². The van der Waals surface area contributed by atoms with Gasteiger partial charge in [-0.1, -0.05) is 6.92 Å². The molecule has 6 nitrogen and oxygen atoms in total. The Balaban J connectivity index is 0.00000312. The third-order valence-electron chi connectivity index (χ3n) is 4.27. The van der Waals surface area contributed by atoms with Crippen molar-refractivity contribution in [2.75, 3.05) is 19.8 Å². The number of pyridine rings is 1. The zero-order chi connectivity index (χ0) is 17.2. The third-order valence-corrected chi connectivity index (χ3v) is 4.27. The number of nitrogens with one attached hydrogen (secondary N) is 1. The van der Waals surface area contributed by atoms with E-state index in [1.54, 1.807) is 12.4 Å². The summed E-state index contributed by atoms with van der Waals surface area (Å²) in [7, 11) is 0. The van der Waals surface area contributed by atoms with Crippen LogP contribution in [0.25, 0.3) is 0 Å². The van der Waals surface area contributed by atoms with Gasteiger partial charge in [0.15, 0.2) is 0 Å². The number of amides is 1. The second-order valence-electron chi connectivity index (χ2n) is 6.26. The van der Waals surface area contributed by atoms with Crippen molar-refractivity contribution in [3.63, 3.8) is 0 Å². The van der Waals surface area contributed by atoms with E-state index in [9.17, 15) is 4.79 Å². The summed E-state index contributed by atoms with van der Waals surface area (Å²) in [4.78, 5) is 16.3. The zero-order valence-electron chi connectivity index (χ0n) is 15.3. The second-order valence-corrected chi connectivity index (χ2v) is 6.26. The summed E-state index contributed by atoms with van der Waals surface area (Å²) in [6.07, 6.45) is 7.53. The van der Waals surface area contributed by atoms with Crippen LogP contribution in [0.3, 0.4) is 0 Å². The van der Waals surface area contributed by atoms with Crippen molar-refractivity contribution in [2.45, 2.75) is 51.2 Å². The Morgan fingerprint density at radius 2 is 2.15 bits per heavy atom. The molecular weight excluding hydrogens is 377 g/mol. The fraction of sp³-hybridized carbons (Fsp3) is 0.667. The number of nitrogens with zero attached hydrogens (tertiary/aromatic N) is 1. The Labute approximate surface area is 168 Å². The molecule has 0 bridgehead atoms. The van der Waals surface area contributed by atoms with Crippen LogP contribution in [-0.4, -0.2) is 42.8 Å². The fourth-order valence-electron chi connectivity index (χ4n) is 2.90. The van der Waals surface area contributed by atoms with Crippen LogP contribution in [0.1, 0.15) is 39.0 Å². The molecule has 1 amide bonds. The minimum atomic E-state index is 0. The van der Waals surface area contributed by atoms with Crippen LogP contribution in [0.4, 0.5) is 0 Å². The Morgan fingerprint density at radius 1 is 1.35 bits per heavy atom. The standard InChI is InChI=1S/C18H29N3O3.2ClH/c1-2-10-24-17-12-14(6-7-16(17)19)18(22)21-9-4-11-23-15-5-3-8-20-13-15;;/h3,5,8,13-14,16-17H,2,4,6-7,9-12,19H2,1H3,(H,21,22);2*1H/t14-,16+,17+;;/m0../s1. The average molecular weight is 408 g/mol. The van der Waals surface area contributed by atoms with Gasteiger partial charge >= 0.3 is 0 Å². The van der Waals surface area contributed by atoms with Crippen LogP contribution in [-0.2, 0) is 9.53 Å². The smallest absolute Gasteiger partial charge is 0.223 e. The van der Waals surface area contributed by atoms with Crippen molar-refractivity contribution in [3.05, 3.63) is 24.5 Å². The molecule has 1 saturated carbocycles. The van der Waals surface area contributed by atoms with E-state index in [0.29, 0.717) is 19.8 Å². The highest BCUT2D eigenvalue weighted by Crippen LogP contribution is 2.26. The molecule has 0 radical (unpaired) electrons. The molecule has 1 fully saturated rings. The number of hydrogen-bond donors (Lipinski definition) is 2. The predicted molar refractivity (Wildman–Crippen MR) is 107 cm³/mol. The summed E-state index contributed by atoms with van der Waals surface area (Å²) in [5.74, 6) is 0.861. The third kappa shape index (κ3) is 8.54. The molecule has 1 aromatic rings. The summed E-state index contributed by atoms with van der Waals surface area (Å²) in [6.45, 7) is 3.95. The molecule has 0 unspecified atom stereocenters. The minimum Gasteiger partial charge on any atom is -0.492 e. The Bertz CT molecular complexity index is 494. The molecule has 3 atom stereocenters. The number of nitrogens with two attached hydrogens (primary N) is 1. The molecule has 0 aliphatic heterocycles. The molecule has 0 spiro atoms. The number of hydrogen-bond acceptors (Lipinski definition) is 5. The van der Waals surface area contributed by atoms with Gasteiger partial charge < -0.3 is 20.5 Å². The lowest BCUT2D eigenvalue weighted by Crippen LogP contribution is -2.46. The molecule has 8 heteroatoms. The van der Waals surface area contributed by atoms with Crippen molar-refractivity contribution in [2.24, 2.45) is 11.7 Å². The first-order valence-corrected chi connectivity index (χ1v) is 8.88. The van der Waals surface area contributed by atoms with Crippen molar-refractivity contribution in [1.29, 1.82) is 0 Å². The summed E-state index contributed by atoms with van der Waals surface area (Å²) in [5.41, 5.74) is 6.10. The second kappa shape index (κ2) is 14.0. The first-order valence-electron chi connectivity index (χ1n) is 8.88. The van der Waals surface area contributed by atoms with Gasteiger partial charge in [-0.05, 0) is 44.2 Å². The van der Waals surface area contributed by atoms with Crippen LogP contribution in [0.15, 0.2) is 24.5 Å². The van der Waals surface area contributed by atoms with Gasteiger partial charge in [-0.3, -0.25) is 9.78 Å². The number of carbonyl (C=O) groups excluding carboxylic acids is 1. The molecule has 1 aliphatic carbocycles. The van der Waals surface area contributed by atoms with E-state index in [-0.39, 0.29) is 48.8 Å². The molecule has 0 saturated heterocycles. The number of aromatic nitrogens is 1. The van der Waals surface area contributed by atoms with Gasteiger partial charge in [-0.15, -0.1) is 24.8 Å². The number of halogens is 2. The number of carbonyl (C=O) groups is 1. The SMILES string of the molecule is CCCO[C@@H]1C[C@@H](C(=O)NCCCOc2cccnc2)CC[C@H]1N.Cl.Cl. The Hall–Kier alpha value is -1.08. The maximum atomic E-state index is 12.3. The monoisotopic (exact) mass is 407 g/mol. The van der Waals surface area contributed by atoms with Gasteiger partial charge in [-0.25, -0.2) is 0 Å². The number of ether oxygens (including phenoxy) is 2. The summed E-state index contributed by atoms with van der Waals surface area (Å²) >= 11 is 0. The molecule has 1 heterocycles. The summed E-state index contributed by atoms with van der Waals surface area (Å²) < 4.78 is 11.3. The van der Waals surface area contributed by atoms with Crippen LogP contribution >= 0.6 is 24.8 Å². The van der Waals surface area contributed by atoms with Crippen molar-refractivity contribution < 1.29 is 14.3 Å². The highest BCUT2D eigenvalue weighted by atomic mass is 35.5. The van der Waals surface area contributed by atoms with Gasteiger partial charge in [-0.2, -0.15) is 0 Å². The van der Waals surface area contributed by atoms with E-state index < -0.39 is 0 Å². The zero-order valence-corrected chi connectivity index (χ0v) is 16.9. The van der Waals surface area contributed by atoms with E-state index in [0.717, 1.165) is 37.9 Å². The normalized spacial score (nSPS) is 21.8. The first kappa shape index (κ1) is 24.9. The van der Waals surface area contributed by atoms with Gasteiger partial charge in [0.1, 0.15) is 5.75 Å². The lowest BCUT2D eigenvalue weighted by molar-refractivity contribution is -0.128. The maximum Gasteiger partial charge on any atom is 0.223 e. The van der Waals surface area contributed by atoms with Crippen LogP contribution in [0.5, 0.6) is 5.75 Å². The van der Waals surface area contributed by atoms with E-state index >= 15 is 0 Å². The van der Waals surface area contributed by atoms with E-state index in [1.165, 1.54) is 0 Å². The highest BCUT2D eigenvalue weighted by Gasteiger charge is 2.32. The maximum absolute atomic E-state index is 12.3. The highest BCUT2D eigenvalue weighted by molar-refractivity contribution is 5.85. The van der Waals surface area contributed by atoms with Crippen LogP contribution in [0, 0.1) is 5.92 Å². The van der Waals surface area contributed by atoms with Crippen molar-refractivity contribution >= 4 is 30.7 Å². The first-order chi connectivity index (χ1) is 11.7. The van der Waals surface area contributed by atoms with Gasteiger partial charge in [0.25, 0.3) is 0 Å². The van der Waals surface area contributed by atoms with Crippen molar-refractivity contribution in [3.8, 4) is 5.75 Å². The Morgan fingerprint density at radius 3 is 2.85 bits per heavy atom. The molecule has 0 aromatic carbocycles. The van der Waals surface area contributed by atoms with Gasteiger partial charge in [0.2, 0.25) is 5.91 Å². The lowest BCUT2D eigenvalue weighted by Gasteiger charge is -2.33. The quantitative estimate of drug-likeness (QED) is 0.614. The molecule has 26 heavy (non-hydrogen) atoms. The molecule has 1 aromatic heterocycles. The molecule has 3 N–H and O–H groups in total.